The number of alkyl halides is 3. The van der Waals surface area contributed by atoms with Gasteiger partial charge in [0, 0.05) is 31.7 Å². The summed E-state index contributed by atoms with van der Waals surface area (Å²) in [5.41, 5.74) is -0.990. The van der Waals surface area contributed by atoms with Crippen LogP contribution < -0.4 is 0 Å². The number of carbonyl (C=O) groups excluding carboxylic acids is 1. The fourth-order valence-corrected chi connectivity index (χ4v) is 3.92. The third-order valence-corrected chi connectivity index (χ3v) is 5.41. The number of halogens is 3. The lowest BCUT2D eigenvalue weighted by molar-refractivity contribution is -0.151. The Morgan fingerprint density at radius 1 is 1.36 bits per heavy atom. The molecule has 0 radical (unpaired) electrons. The number of aryl methyl sites for hydroxylation is 1. The molecule has 2 heterocycles. The first-order chi connectivity index (χ1) is 11.5. The maximum atomic E-state index is 12.7. The molecule has 0 spiro atoms. The number of carbonyl (C=O) groups is 1. The summed E-state index contributed by atoms with van der Waals surface area (Å²) in [6, 6.07) is 1.12. The topological polar surface area (TPSA) is 58.4 Å². The Bertz CT molecular complexity index is 638. The van der Waals surface area contributed by atoms with Crippen molar-refractivity contribution in [3.63, 3.8) is 0 Å². The largest absolute Gasteiger partial charge is 0.435 e. The first-order valence-electron chi connectivity index (χ1n) is 8.66. The number of aliphatic hydroxyl groups is 1. The highest BCUT2D eigenvalue weighted by atomic mass is 19.4. The van der Waals surface area contributed by atoms with Gasteiger partial charge in [0.1, 0.15) is 0 Å². The number of amides is 1. The van der Waals surface area contributed by atoms with Crippen molar-refractivity contribution in [3.05, 3.63) is 17.5 Å². The summed E-state index contributed by atoms with van der Waals surface area (Å²) in [6.07, 6.45) is -1.29. The van der Waals surface area contributed by atoms with E-state index in [2.05, 4.69) is 5.10 Å². The number of hydrogen-bond acceptors (Lipinski definition) is 3. The van der Waals surface area contributed by atoms with Crippen molar-refractivity contribution in [2.45, 2.75) is 50.8 Å². The number of likely N-dealkylation sites (tertiary alicyclic amines) is 1. The van der Waals surface area contributed by atoms with Crippen LogP contribution in [0.1, 0.15) is 44.0 Å². The monoisotopic (exact) mass is 359 g/mol. The average molecular weight is 359 g/mol. The van der Waals surface area contributed by atoms with E-state index in [1.54, 1.807) is 6.92 Å². The number of nitrogens with zero attached hydrogens (tertiary/aromatic N) is 3. The van der Waals surface area contributed by atoms with Gasteiger partial charge in [-0.1, -0.05) is 0 Å². The van der Waals surface area contributed by atoms with Gasteiger partial charge < -0.3 is 10.0 Å². The molecule has 2 aliphatic rings. The van der Waals surface area contributed by atoms with Crippen LogP contribution in [0.4, 0.5) is 13.2 Å². The molecule has 1 N–H and O–H groups in total. The van der Waals surface area contributed by atoms with Crippen LogP contribution in [0.25, 0.3) is 0 Å². The Morgan fingerprint density at radius 3 is 2.44 bits per heavy atom. The molecule has 3 rings (SSSR count). The second-order valence-electron chi connectivity index (χ2n) is 7.72. The molecule has 5 nitrogen and oxygen atoms in total. The van der Waals surface area contributed by atoms with Crippen LogP contribution in [0.3, 0.4) is 0 Å². The zero-order valence-corrected chi connectivity index (χ0v) is 14.5. The van der Waals surface area contributed by atoms with Crippen LogP contribution in [0.15, 0.2) is 6.07 Å². The summed E-state index contributed by atoms with van der Waals surface area (Å²) < 4.78 is 39.5. The van der Waals surface area contributed by atoms with Gasteiger partial charge in [-0.15, -0.1) is 0 Å². The normalized spacial score (nSPS) is 28.1. The molecular formula is C17H24F3N3O2. The molecule has 1 saturated carbocycles. The quantitative estimate of drug-likeness (QED) is 0.902. The number of piperidine rings is 1. The third-order valence-electron chi connectivity index (χ3n) is 5.41. The van der Waals surface area contributed by atoms with E-state index < -0.39 is 17.5 Å². The van der Waals surface area contributed by atoms with Crippen molar-refractivity contribution in [2.75, 3.05) is 13.1 Å². The number of hydrogen-bond donors (Lipinski definition) is 1. The Morgan fingerprint density at radius 2 is 1.96 bits per heavy atom. The highest BCUT2D eigenvalue weighted by Crippen LogP contribution is 2.39. The Labute approximate surface area is 144 Å². The molecule has 1 aromatic heterocycles. The van der Waals surface area contributed by atoms with E-state index in [-0.39, 0.29) is 17.7 Å². The Balaban J connectivity index is 1.52. The van der Waals surface area contributed by atoms with Gasteiger partial charge >= 0.3 is 6.18 Å². The molecule has 1 saturated heterocycles. The maximum absolute atomic E-state index is 12.7. The number of rotatable bonds is 3. The standard InChI is InChI=1S/C17H24F3N3O2/c1-16(25)9-12(10-16)15(24)23-5-3-11(4-6-23)7-13-8-14(17(18,19)20)21-22(13)2/h8,11-12,25H,3-7,9-10H2,1-2H3/t12-,16+. The predicted octanol–water partition coefficient (Wildman–Crippen LogP) is 2.38. The highest BCUT2D eigenvalue weighted by molar-refractivity contribution is 5.80. The van der Waals surface area contributed by atoms with Gasteiger partial charge in [0.25, 0.3) is 0 Å². The van der Waals surface area contributed by atoms with Gasteiger partial charge in [0.05, 0.1) is 5.60 Å². The Hall–Kier alpha value is -1.57. The van der Waals surface area contributed by atoms with Crippen LogP contribution in [-0.2, 0) is 24.4 Å². The summed E-state index contributed by atoms with van der Waals surface area (Å²) in [5, 5.41) is 13.3. The van der Waals surface area contributed by atoms with Crippen molar-refractivity contribution >= 4 is 5.91 Å². The minimum atomic E-state index is -4.42. The van der Waals surface area contributed by atoms with Crippen molar-refractivity contribution in [1.29, 1.82) is 0 Å². The minimum absolute atomic E-state index is 0.0852. The highest BCUT2D eigenvalue weighted by Gasteiger charge is 2.44. The van der Waals surface area contributed by atoms with E-state index in [4.69, 9.17) is 0 Å². The van der Waals surface area contributed by atoms with Gasteiger partial charge in [-0.05, 0) is 51.0 Å². The second-order valence-corrected chi connectivity index (χ2v) is 7.72. The van der Waals surface area contributed by atoms with E-state index in [9.17, 15) is 23.1 Å². The van der Waals surface area contributed by atoms with Crippen molar-refractivity contribution in [3.8, 4) is 0 Å². The fourth-order valence-electron chi connectivity index (χ4n) is 3.92. The van der Waals surface area contributed by atoms with Gasteiger partial charge in [0.2, 0.25) is 5.91 Å². The zero-order chi connectivity index (χ0) is 18.4. The predicted molar refractivity (Wildman–Crippen MR) is 84.6 cm³/mol. The SMILES string of the molecule is Cn1nc(C(F)(F)F)cc1CC1CCN(C(=O)[C@H]2C[C@@](C)(O)C2)CC1. The molecule has 1 aromatic rings. The molecule has 140 valence electrons. The molecule has 25 heavy (non-hydrogen) atoms. The maximum Gasteiger partial charge on any atom is 0.435 e. The van der Waals surface area contributed by atoms with Gasteiger partial charge in [0.15, 0.2) is 5.69 Å². The lowest BCUT2D eigenvalue weighted by Crippen LogP contribution is -2.51. The summed E-state index contributed by atoms with van der Waals surface area (Å²) in [7, 11) is 1.53. The summed E-state index contributed by atoms with van der Waals surface area (Å²) in [4.78, 5) is 14.2. The molecule has 1 amide bonds. The van der Waals surface area contributed by atoms with E-state index in [0.29, 0.717) is 38.0 Å². The lowest BCUT2D eigenvalue weighted by atomic mass is 9.71. The summed E-state index contributed by atoms with van der Waals surface area (Å²) in [5.74, 6) is 0.271. The average Bonchev–Trinajstić information content (AvgIpc) is 2.86. The minimum Gasteiger partial charge on any atom is -0.390 e. The zero-order valence-electron chi connectivity index (χ0n) is 14.5. The molecule has 0 aromatic carbocycles. The molecular weight excluding hydrogens is 335 g/mol. The number of aromatic nitrogens is 2. The van der Waals surface area contributed by atoms with Crippen LogP contribution in [0, 0.1) is 11.8 Å². The smallest absolute Gasteiger partial charge is 0.390 e. The molecule has 1 aliphatic heterocycles. The molecule has 1 aliphatic carbocycles. The first kappa shape index (κ1) is 18.2. The fraction of sp³-hybridized carbons (Fsp3) is 0.765. The molecule has 0 unspecified atom stereocenters. The van der Waals surface area contributed by atoms with Crippen LogP contribution in [0.5, 0.6) is 0 Å². The summed E-state index contributed by atoms with van der Waals surface area (Å²) in [6.45, 7) is 3.00. The Kier molecular flexibility index (Phi) is 4.59. The van der Waals surface area contributed by atoms with Crippen LogP contribution >= 0.6 is 0 Å². The van der Waals surface area contributed by atoms with E-state index in [1.807, 2.05) is 4.90 Å². The molecule has 0 bridgehead atoms. The van der Waals surface area contributed by atoms with Crippen LogP contribution in [0.2, 0.25) is 0 Å². The van der Waals surface area contributed by atoms with Gasteiger partial charge in [-0.25, -0.2) is 0 Å². The van der Waals surface area contributed by atoms with Crippen molar-refractivity contribution < 1.29 is 23.1 Å². The molecule has 8 heteroatoms. The van der Waals surface area contributed by atoms with E-state index in [1.165, 1.54) is 11.7 Å². The second kappa shape index (κ2) is 6.30. The van der Waals surface area contributed by atoms with Crippen molar-refractivity contribution in [2.24, 2.45) is 18.9 Å². The van der Waals surface area contributed by atoms with Crippen LogP contribution in [-0.4, -0.2) is 44.4 Å². The van der Waals surface area contributed by atoms with Crippen molar-refractivity contribution in [1.82, 2.24) is 14.7 Å². The lowest BCUT2D eigenvalue weighted by Gasteiger charge is -2.43. The van der Waals surface area contributed by atoms with E-state index >= 15 is 0 Å². The molecule has 2 fully saturated rings. The third kappa shape index (κ3) is 3.99. The first-order valence-corrected chi connectivity index (χ1v) is 8.66. The molecule has 0 atom stereocenters. The van der Waals surface area contributed by atoms with Gasteiger partial charge in [-0.2, -0.15) is 18.3 Å². The summed E-state index contributed by atoms with van der Waals surface area (Å²) >= 11 is 0. The van der Waals surface area contributed by atoms with Gasteiger partial charge in [-0.3, -0.25) is 9.48 Å². The van der Waals surface area contributed by atoms with E-state index in [0.717, 1.165) is 18.9 Å².